The second kappa shape index (κ2) is 5.29. The van der Waals surface area contributed by atoms with Crippen molar-refractivity contribution in [1.82, 2.24) is 0 Å². The molecule has 0 aromatic rings. The van der Waals surface area contributed by atoms with Crippen LogP contribution >= 0.6 is 0 Å². The van der Waals surface area contributed by atoms with Gasteiger partial charge in [-0.2, -0.15) is 0 Å². The quantitative estimate of drug-likeness (QED) is 0.711. The molecule has 0 aromatic heterocycles. The molecule has 0 aromatic carbocycles. The summed E-state index contributed by atoms with van der Waals surface area (Å²) in [6, 6.07) is 0. The van der Waals surface area contributed by atoms with Gasteiger partial charge in [-0.1, -0.05) is 0 Å². The van der Waals surface area contributed by atoms with Gasteiger partial charge in [0.25, 0.3) is 0 Å². The van der Waals surface area contributed by atoms with Crippen LogP contribution in [0.25, 0.3) is 0 Å². The molecule has 0 amide bonds. The van der Waals surface area contributed by atoms with Crippen molar-refractivity contribution in [3.05, 3.63) is 0 Å². The van der Waals surface area contributed by atoms with Crippen LogP contribution in [-0.4, -0.2) is 43.8 Å². The van der Waals surface area contributed by atoms with Crippen LogP contribution in [0.4, 0.5) is 0 Å². The van der Waals surface area contributed by atoms with Gasteiger partial charge in [0.05, 0.1) is 6.61 Å². The first-order valence-electron chi connectivity index (χ1n) is 4.67. The lowest BCUT2D eigenvalue weighted by molar-refractivity contribution is -0.274. The van der Waals surface area contributed by atoms with Crippen molar-refractivity contribution in [3.63, 3.8) is 0 Å². The molecule has 5 nitrogen and oxygen atoms in total. The van der Waals surface area contributed by atoms with Crippen LogP contribution in [0.1, 0.15) is 19.3 Å². The monoisotopic (exact) mass is 204 g/mol. The highest BCUT2D eigenvalue weighted by Crippen LogP contribution is 2.26. The van der Waals surface area contributed by atoms with E-state index < -0.39 is 11.8 Å². The Morgan fingerprint density at radius 3 is 2.86 bits per heavy atom. The van der Waals surface area contributed by atoms with Crippen molar-refractivity contribution in [1.29, 1.82) is 0 Å². The van der Waals surface area contributed by atoms with E-state index in [4.69, 9.17) is 19.3 Å². The number of rotatable bonds is 5. The third-order valence-corrected chi connectivity index (χ3v) is 2.14. The second-order valence-corrected chi connectivity index (χ2v) is 3.33. The molecule has 0 spiro atoms. The molecule has 0 radical (unpaired) electrons. The van der Waals surface area contributed by atoms with Gasteiger partial charge in [-0.25, -0.2) is 4.79 Å². The number of ether oxygens (including phenoxy) is 3. The summed E-state index contributed by atoms with van der Waals surface area (Å²) in [5.41, 5.74) is 0. The number of carboxylic acid groups (broad SMARTS) is 1. The van der Waals surface area contributed by atoms with Gasteiger partial charge in [0.1, 0.15) is 13.2 Å². The first kappa shape index (κ1) is 11.4. The molecule has 0 bridgehead atoms. The highest BCUT2D eigenvalue weighted by molar-refractivity contribution is 5.68. The van der Waals surface area contributed by atoms with Gasteiger partial charge in [-0.15, -0.1) is 0 Å². The number of methoxy groups -OCH3 is 1. The molecule has 0 saturated carbocycles. The fourth-order valence-electron chi connectivity index (χ4n) is 1.51. The summed E-state index contributed by atoms with van der Waals surface area (Å²) < 4.78 is 15.6. The SMILES string of the molecule is COCC1(OCC(=O)O)CCCCO1. The summed E-state index contributed by atoms with van der Waals surface area (Å²) >= 11 is 0. The lowest BCUT2D eigenvalue weighted by atomic mass is 10.1. The van der Waals surface area contributed by atoms with Crippen molar-refractivity contribution in [3.8, 4) is 0 Å². The van der Waals surface area contributed by atoms with Crippen molar-refractivity contribution in [2.24, 2.45) is 0 Å². The van der Waals surface area contributed by atoms with Gasteiger partial charge < -0.3 is 19.3 Å². The number of hydrogen-bond donors (Lipinski definition) is 1. The van der Waals surface area contributed by atoms with Gasteiger partial charge >= 0.3 is 5.97 Å². The van der Waals surface area contributed by atoms with E-state index in [2.05, 4.69) is 0 Å². The first-order chi connectivity index (χ1) is 6.68. The van der Waals surface area contributed by atoms with Crippen LogP contribution in [0.15, 0.2) is 0 Å². The Kier molecular flexibility index (Phi) is 4.31. The van der Waals surface area contributed by atoms with E-state index >= 15 is 0 Å². The first-order valence-corrected chi connectivity index (χ1v) is 4.67. The Balaban J connectivity index is 2.46. The highest BCUT2D eigenvalue weighted by Gasteiger charge is 2.35. The molecule has 0 aliphatic carbocycles. The third kappa shape index (κ3) is 3.25. The van der Waals surface area contributed by atoms with Gasteiger partial charge in [0.15, 0.2) is 5.79 Å². The average molecular weight is 204 g/mol. The maximum atomic E-state index is 10.4. The Labute approximate surface area is 82.9 Å². The fraction of sp³-hybridized carbons (Fsp3) is 0.889. The van der Waals surface area contributed by atoms with Crippen LogP contribution in [0.5, 0.6) is 0 Å². The van der Waals surface area contributed by atoms with Crippen LogP contribution in [0, 0.1) is 0 Å². The van der Waals surface area contributed by atoms with Crippen LogP contribution < -0.4 is 0 Å². The molecule has 1 fully saturated rings. The zero-order valence-corrected chi connectivity index (χ0v) is 8.32. The van der Waals surface area contributed by atoms with Gasteiger partial charge in [-0.05, 0) is 12.8 Å². The highest BCUT2D eigenvalue weighted by atomic mass is 16.7. The van der Waals surface area contributed by atoms with E-state index in [1.807, 2.05) is 0 Å². The lowest BCUT2D eigenvalue weighted by Crippen LogP contribution is -2.44. The molecule has 1 saturated heterocycles. The second-order valence-electron chi connectivity index (χ2n) is 3.33. The number of aliphatic carboxylic acids is 1. The Hall–Kier alpha value is -0.650. The van der Waals surface area contributed by atoms with Crippen molar-refractivity contribution >= 4 is 5.97 Å². The topological polar surface area (TPSA) is 65.0 Å². The van der Waals surface area contributed by atoms with E-state index in [9.17, 15) is 4.79 Å². The minimum absolute atomic E-state index is 0.278. The summed E-state index contributed by atoms with van der Waals surface area (Å²) in [6.45, 7) is 0.534. The van der Waals surface area contributed by atoms with Gasteiger partial charge in [0.2, 0.25) is 0 Å². The molecule has 1 unspecified atom stereocenters. The Bertz CT molecular complexity index is 180. The summed E-state index contributed by atoms with van der Waals surface area (Å²) in [6.07, 6.45) is 2.65. The van der Waals surface area contributed by atoms with Crippen molar-refractivity contribution in [2.75, 3.05) is 26.9 Å². The van der Waals surface area contributed by atoms with Crippen molar-refractivity contribution < 1.29 is 24.1 Å². The summed E-state index contributed by atoms with van der Waals surface area (Å²) in [4.78, 5) is 10.4. The predicted molar refractivity (Wildman–Crippen MR) is 48.0 cm³/mol. The van der Waals surface area contributed by atoms with E-state index in [0.717, 1.165) is 12.8 Å². The largest absolute Gasteiger partial charge is 0.480 e. The molecule has 1 rings (SSSR count). The molecular formula is C9H16O5. The molecule has 5 heteroatoms. The normalized spacial score (nSPS) is 27.5. The maximum Gasteiger partial charge on any atom is 0.329 e. The zero-order chi connectivity index (χ0) is 10.4. The molecule has 1 atom stereocenters. The average Bonchev–Trinajstić information content (AvgIpc) is 2.17. The summed E-state index contributed by atoms with van der Waals surface area (Å²) in [5.74, 6) is -1.83. The van der Waals surface area contributed by atoms with Crippen LogP contribution in [0.2, 0.25) is 0 Å². The molecule has 1 N–H and O–H groups in total. The number of hydrogen-bond acceptors (Lipinski definition) is 4. The fourth-order valence-corrected chi connectivity index (χ4v) is 1.51. The van der Waals surface area contributed by atoms with Crippen LogP contribution in [-0.2, 0) is 19.0 Å². The number of carbonyl (C=O) groups is 1. The Morgan fingerprint density at radius 1 is 1.57 bits per heavy atom. The minimum atomic E-state index is -0.991. The third-order valence-electron chi connectivity index (χ3n) is 2.14. The summed E-state index contributed by atoms with van der Waals surface area (Å²) in [5, 5.41) is 8.51. The van der Waals surface area contributed by atoms with E-state index in [0.29, 0.717) is 13.0 Å². The smallest absolute Gasteiger partial charge is 0.329 e. The molecular weight excluding hydrogens is 188 g/mol. The van der Waals surface area contributed by atoms with Gasteiger partial charge in [-0.3, -0.25) is 0 Å². The zero-order valence-electron chi connectivity index (χ0n) is 8.32. The van der Waals surface area contributed by atoms with E-state index in [1.165, 1.54) is 0 Å². The molecule has 1 aliphatic heterocycles. The molecule has 1 heterocycles. The number of carboxylic acids is 1. The minimum Gasteiger partial charge on any atom is -0.480 e. The standard InChI is InChI=1S/C9H16O5/c1-12-7-9(14-6-8(10)11)4-2-3-5-13-9/h2-7H2,1H3,(H,10,11). The van der Waals surface area contributed by atoms with Crippen molar-refractivity contribution in [2.45, 2.75) is 25.0 Å². The molecule has 1 aliphatic rings. The predicted octanol–water partition coefficient (Wildman–Crippen LogP) is 0.631. The molecule has 14 heavy (non-hydrogen) atoms. The molecule has 82 valence electrons. The van der Waals surface area contributed by atoms with Crippen LogP contribution in [0.3, 0.4) is 0 Å². The van der Waals surface area contributed by atoms with E-state index in [1.54, 1.807) is 7.11 Å². The van der Waals surface area contributed by atoms with E-state index in [-0.39, 0.29) is 13.2 Å². The van der Waals surface area contributed by atoms with Gasteiger partial charge in [0, 0.05) is 13.5 Å². The lowest BCUT2D eigenvalue weighted by Gasteiger charge is -2.35. The maximum absolute atomic E-state index is 10.4. The summed E-state index contributed by atoms with van der Waals surface area (Å²) in [7, 11) is 1.55. The Morgan fingerprint density at radius 2 is 2.36 bits per heavy atom.